The molecule has 1 amide bonds. The van der Waals surface area contributed by atoms with E-state index < -0.39 is 29.5 Å². The first-order valence-corrected chi connectivity index (χ1v) is 17.0. The summed E-state index contributed by atoms with van der Waals surface area (Å²) in [5.41, 5.74) is 3.01. The predicted octanol–water partition coefficient (Wildman–Crippen LogP) is 6.78. The van der Waals surface area contributed by atoms with E-state index in [1.807, 2.05) is 43.9 Å². The predicted molar refractivity (Wildman–Crippen MR) is 160 cm³/mol. The van der Waals surface area contributed by atoms with Crippen LogP contribution in [0.1, 0.15) is 48.0 Å². The van der Waals surface area contributed by atoms with E-state index >= 15 is 0 Å². The third-order valence-corrected chi connectivity index (χ3v) is 12.5. The number of carbonyl (C=O) groups excluding carboxylic acids is 2. The van der Waals surface area contributed by atoms with Gasteiger partial charge in [0.1, 0.15) is 17.0 Å². The highest BCUT2D eigenvalue weighted by atomic mass is 32.2. The van der Waals surface area contributed by atoms with Gasteiger partial charge in [0.2, 0.25) is 5.91 Å². The Morgan fingerprint density at radius 1 is 0.846 bits per heavy atom. The Labute approximate surface area is 236 Å². The molecular weight excluding hydrogens is 521 g/mol. The molecule has 39 heavy (non-hydrogen) atoms. The number of ketones is 1. The van der Waals surface area contributed by atoms with E-state index in [0.717, 1.165) is 16.7 Å². The van der Waals surface area contributed by atoms with Crippen molar-refractivity contribution in [1.29, 1.82) is 0 Å². The van der Waals surface area contributed by atoms with Crippen LogP contribution in [-0.2, 0) is 9.54 Å². The molecule has 1 aliphatic rings. The molecule has 1 aliphatic heterocycles. The van der Waals surface area contributed by atoms with Crippen LogP contribution in [0.3, 0.4) is 0 Å². The second kappa shape index (κ2) is 10.3. The number of aromatic nitrogens is 1. The van der Waals surface area contributed by atoms with Crippen LogP contribution in [0.5, 0.6) is 0 Å². The number of carbonyl (C=O) groups is 2. The van der Waals surface area contributed by atoms with Gasteiger partial charge >= 0.3 is 0 Å². The molecule has 4 aromatic rings. The zero-order valence-electron chi connectivity index (χ0n) is 23.0. The fourth-order valence-electron chi connectivity index (χ4n) is 5.79. The monoisotopic (exact) mass is 554 g/mol. The third kappa shape index (κ3) is 4.28. The molecule has 1 aromatic heterocycles. The summed E-state index contributed by atoms with van der Waals surface area (Å²) < 4.78 is 4.38. The van der Waals surface area contributed by atoms with Gasteiger partial charge in [-0.3, -0.25) is 9.59 Å². The summed E-state index contributed by atoms with van der Waals surface area (Å²) >= 11 is 1.70. The van der Waals surface area contributed by atoms with Gasteiger partial charge in [-0.1, -0.05) is 109 Å². The molecule has 7 heteroatoms. The number of thioether (sulfide) groups is 1. The van der Waals surface area contributed by atoms with Gasteiger partial charge in [0.05, 0.1) is 18.9 Å². The zero-order valence-corrected chi connectivity index (χ0v) is 25.0. The van der Waals surface area contributed by atoms with Crippen molar-refractivity contribution in [3.8, 4) is 0 Å². The Bertz CT molecular complexity index is 1340. The molecule has 200 valence electrons. The van der Waals surface area contributed by atoms with E-state index in [1.165, 1.54) is 6.26 Å². The van der Waals surface area contributed by atoms with Gasteiger partial charge in [0.25, 0.3) is 0 Å². The van der Waals surface area contributed by atoms with E-state index in [0.29, 0.717) is 0 Å². The second-order valence-corrected chi connectivity index (χ2v) is 15.8. The van der Waals surface area contributed by atoms with Gasteiger partial charge in [-0.25, -0.2) is 0 Å². The Hall–Kier alpha value is -3.42. The molecule has 0 bridgehead atoms. The molecule has 5 nitrogen and oxygen atoms in total. The van der Waals surface area contributed by atoms with E-state index in [2.05, 4.69) is 91.0 Å². The lowest BCUT2D eigenvalue weighted by atomic mass is 9.83. The molecule has 2 atom stereocenters. The number of likely N-dealkylation sites (tertiary alicyclic amines) is 1. The Kier molecular flexibility index (Phi) is 7.16. The van der Waals surface area contributed by atoms with Crippen molar-refractivity contribution < 1.29 is 14.1 Å². The minimum Gasteiger partial charge on any atom is -0.364 e. The zero-order chi connectivity index (χ0) is 27.8. The first kappa shape index (κ1) is 27.2. The Morgan fingerprint density at radius 3 is 1.67 bits per heavy atom. The third-order valence-electron chi connectivity index (χ3n) is 7.71. The van der Waals surface area contributed by atoms with Crippen LogP contribution in [0.4, 0.5) is 0 Å². The minimum absolute atomic E-state index is 0.106. The van der Waals surface area contributed by atoms with Gasteiger partial charge in [-0.05, 0) is 37.5 Å². The summed E-state index contributed by atoms with van der Waals surface area (Å²) in [6.07, 6.45) is 1.40. The SMILES string of the molecule is C[SiH](C)C1(C(=O)c2ccon2)C(=O)N(C(C)(C)C)C1SC(c1ccccc1)(c1ccccc1)c1ccccc1. The highest BCUT2D eigenvalue weighted by molar-refractivity contribution is 8.01. The van der Waals surface area contributed by atoms with E-state index in [-0.39, 0.29) is 17.4 Å². The fraction of sp³-hybridized carbons (Fsp3) is 0.281. The standard InChI is InChI=1S/C32H34N2O3SSi/c1-30(2,3)34-28(36)32(39(4)5,27(35)26-21-22-37-33-26)29(34)38-31(23-15-9-6-10-16-23,24-17-11-7-12-18-24)25-19-13-8-14-20-25/h6-22,29,39H,1-5H3. The van der Waals surface area contributed by atoms with Crippen LogP contribution in [0, 0.1) is 0 Å². The van der Waals surface area contributed by atoms with Gasteiger partial charge in [-0.15, -0.1) is 11.8 Å². The van der Waals surface area contributed by atoms with Gasteiger partial charge in [0, 0.05) is 11.6 Å². The van der Waals surface area contributed by atoms with E-state index in [1.54, 1.807) is 17.8 Å². The number of hydrogen-bond acceptors (Lipinski definition) is 5. The average Bonchev–Trinajstić information content (AvgIpc) is 3.47. The number of nitrogens with zero attached hydrogens (tertiary/aromatic N) is 2. The molecule has 0 spiro atoms. The molecule has 0 aliphatic carbocycles. The number of benzene rings is 3. The molecule has 2 unspecified atom stereocenters. The smallest absolute Gasteiger partial charge is 0.237 e. The maximum absolute atomic E-state index is 14.3. The molecule has 0 radical (unpaired) electrons. The van der Waals surface area contributed by atoms with Crippen LogP contribution in [-0.4, -0.2) is 41.5 Å². The lowest BCUT2D eigenvalue weighted by molar-refractivity contribution is -0.153. The first-order chi connectivity index (χ1) is 18.6. The van der Waals surface area contributed by atoms with Crippen molar-refractivity contribution in [3.05, 3.63) is 126 Å². The van der Waals surface area contributed by atoms with Crippen molar-refractivity contribution in [2.24, 2.45) is 0 Å². The van der Waals surface area contributed by atoms with Crippen LogP contribution in [0.2, 0.25) is 18.1 Å². The fourth-order valence-corrected chi connectivity index (χ4v) is 10.9. The van der Waals surface area contributed by atoms with Crippen molar-refractivity contribution in [2.75, 3.05) is 0 Å². The van der Waals surface area contributed by atoms with Crippen molar-refractivity contribution >= 4 is 32.2 Å². The Morgan fingerprint density at radius 2 is 1.31 bits per heavy atom. The molecule has 5 rings (SSSR count). The van der Waals surface area contributed by atoms with Crippen LogP contribution in [0.25, 0.3) is 0 Å². The highest BCUT2D eigenvalue weighted by Gasteiger charge is 2.71. The normalized spacial score (nSPS) is 19.7. The molecule has 0 N–H and O–H groups in total. The molecule has 0 saturated carbocycles. The van der Waals surface area contributed by atoms with Crippen LogP contribution >= 0.6 is 11.8 Å². The van der Waals surface area contributed by atoms with Gasteiger partial charge < -0.3 is 9.42 Å². The number of rotatable bonds is 8. The second-order valence-electron chi connectivity index (χ2n) is 11.3. The van der Waals surface area contributed by atoms with E-state index in [9.17, 15) is 9.59 Å². The van der Waals surface area contributed by atoms with Crippen LogP contribution < -0.4 is 0 Å². The lowest BCUT2D eigenvalue weighted by Gasteiger charge is -2.62. The molecule has 2 heterocycles. The quantitative estimate of drug-likeness (QED) is 0.0790. The maximum Gasteiger partial charge on any atom is 0.237 e. The number of hydrogen-bond donors (Lipinski definition) is 0. The topological polar surface area (TPSA) is 63.4 Å². The summed E-state index contributed by atoms with van der Waals surface area (Å²) in [5, 5.41) is 2.41. The maximum atomic E-state index is 14.3. The van der Waals surface area contributed by atoms with Crippen molar-refractivity contribution in [1.82, 2.24) is 10.1 Å². The van der Waals surface area contributed by atoms with Crippen molar-refractivity contribution in [2.45, 2.75) is 54.6 Å². The lowest BCUT2D eigenvalue weighted by Crippen LogP contribution is -2.75. The summed E-state index contributed by atoms with van der Waals surface area (Å²) in [6.45, 7) is 10.3. The van der Waals surface area contributed by atoms with Gasteiger partial charge in [0.15, 0.2) is 5.78 Å². The van der Waals surface area contributed by atoms with Gasteiger partial charge in [-0.2, -0.15) is 0 Å². The summed E-state index contributed by atoms with van der Waals surface area (Å²) in [5.74, 6) is -0.339. The molecule has 1 saturated heterocycles. The first-order valence-electron chi connectivity index (χ1n) is 13.3. The molecule has 3 aromatic carbocycles. The summed E-state index contributed by atoms with van der Waals surface area (Å²) in [6, 6.07) is 32.8. The van der Waals surface area contributed by atoms with Crippen molar-refractivity contribution in [3.63, 3.8) is 0 Å². The summed E-state index contributed by atoms with van der Waals surface area (Å²) in [7, 11) is -1.96. The minimum atomic E-state index is -1.96. The Balaban J connectivity index is 1.80. The van der Waals surface area contributed by atoms with Crippen LogP contribution in [0.15, 0.2) is 108 Å². The highest BCUT2D eigenvalue weighted by Crippen LogP contribution is 2.63. The number of Topliss-reactive ketones (excluding diaryl/α,β-unsaturated/α-hetero) is 1. The average molecular weight is 555 g/mol. The molecular formula is C32H34N2O3SSi. The number of amides is 1. The number of β-lactam (4-membered cyclic amide) rings is 1. The molecule has 1 fully saturated rings. The largest absolute Gasteiger partial charge is 0.364 e. The summed E-state index contributed by atoms with van der Waals surface area (Å²) in [4.78, 5) is 30.5. The van der Waals surface area contributed by atoms with E-state index in [4.69, 9.17) is 4.52 Å².